The average Bonchev–Trinajstić information content (AvgIpc) is 2.50. The Morgan fingerprint density at radius 2 is 0.793 bits per heavy atom. The number of hydrogen-bond donors (Lipinski definition) is 0. The highest BCUT2D eigenvalue weighted by atomic mass is 19.4. The molecule has 0 N–H and O–H groups in total. The monoisotopic (exact) mass is 466 g/mol. The van der Waals surface area contributed by atoms with Crippen LogP contribution in [0.4, 0.5) is 70.2 Å². The van der Waals surface area contributed by atoms with Gasteiger partial charge in [-0.1, -0.05) is 0 Å². The summed E-state index contributed by atoms with van der Waals surface area (Å²) < 4.78 is 208. The minimum Gasteiger partial charge on any atom is -0.452 e. The quantitative estimate of drug-likeness (QED) is 0.471. The van der Waals surface area contributed by atoms with Crippen molar-refractivity contribution >= 4 is 0 Å². The van der Waals surface area contributed by atoms with E-state index in [4.69, 9.17) is 0 Å². The molecule has 0 saturated heterocycles. The Kier molecular flexibility index (Phi) is 4.74. The Morgan fingerprint density at radius 1 is 0.552 bits per heavy atom. The maximum atomic E-state index is 13.3. The van der Waals surface area contributed by atoms with E-state index in [0.29, 0.717) is 0 Å². The van der Waals surface area contributed by atoms with Crippen molar-refractivity contribution in [3.05, 3.63) is 22.7 Å². The Bertz CT molecular complexity index is 702. The number of rotatable bonds is 4. The largest absolute Gasteiger partial charge is 0.457 e. The van der Waals surface area contributed by atoms with Gasteiger partial charge in [-0.25, -0.2) is 8.78 Å². The fraction of sp³-hybridized carbons (Fsp3) is 0.667. The molecule has 0 saturated carbocycles. The van der Waals surface area contributed by atoms with Crippen molar-refractivity contribution in [3.8, 4) is 0 Å². The van der Waals surface area contributed by atoms with Crippen LogP contribution in [0.2, 0.25) is 0 Å². The second-order valence-corrected chi connectivity index (χ2v) is 5.70. The average molecular weight is 466 g/mol. The minimum atomic E-state index is -6.81. The molecule has 0 amide bonds. The highest BCUT2D eigenvalue weighted by Gasteiger charge is 2.77. The Labute approximate surface area is 147 Å². The Balaban J connectivity index is 2.67. The van der Waals surface area contributed by atoms with Crippen LogP contribution in [-0.2, 0) is 4.74 Å². The summed E-state index contributed by atoms with van der Waals surface area (Å²) in [5, 5.41) is 0. The summed E-state index contributed by atoms with van der Waals surface area (Å²) in [5.74, 6) is -30.7. The van der Waals surface area contributed by atoms with E-state index in [9.17, 15) is 70.2 Å². The molecular weight excluding hydrogens is 464 g/mol. The van der Waals surface area contributed by atoms with Gasteiger partial charge in [0, 0.05) is 0 Å². The van der Waals surface area contributed by atoms with Gasteiger partial charge >= 0.3 is 36.0 Å². The second kappa shape index (κ2) is 5.86. The van der Waals surface area contributed by atoms with E-state index in [1.165, 1.54) is 0 Å². The van der Waals surface area contributed by atoms with Crippen LogP contribution in [0.15, 0.2) is 22.7 Å². The van der Waals surface area contributed by atoms with Crippen LogP contribution >= 0.6 is 0 Å². The van der Waals surface area contributed by atoms with Crippen molar-refractivity contribution in [2.75, 3.05) is 0 Å². The summed E-state index contributed by atoms with van der Waals surface area (Å²) in [7, 11) is 0. The van der Waals surface area contributed by atoms with E-state index in [1.807, 2.05) is 0 Å². The molecule has 2 aliphatic carbocycles. The first-order chi connectivity index (χ1) is 12.5. The van der Waals surface area contributed by atoms with Crippen LogP contribution in [0.25, 0.3) is 0 Å². The summed E-state index contributed by atoms with van der Waals surface area (Å²) in [6, 6.07) is 0. The third-order valence-electron chi connectivity index (χ3n) is 3.83. The van der Waals surface area contributed by atoms with E-state index in [0.717, 1.165) is 0 Å². The summed E-state index contributed by atoms with van der Waals surface area (Å²) in [4.78, 5) is 0. The Hall–Kier alpha value is -1.84. The molecule has 0 aromatic heterocycles. The molecule has 0 radical (unpaired) electrons. The van der Waals surface area contributed by atoms with Gasteiger partial charge < -0.3 is 4.74 Å². The van der Waals surface area contributed by atoms with E-state index in [-0.39, 0.29) is 0 Å². The lowest BCUT2D eigenvalue weighted by atomic mass is 9.82. The molecule has 0 fully saturated rings. The first kappa shape index (κ1) is 23.4. The van der Waals surface area contributed by atoms with Crippen LogP contribution in [0, 0.1) is 0 Å². The van der Waals surface area contributed by atoms with Gasteiger partial charge in [0.1, 0.15) is 0 Å². The molecular formula is C12H2F16O. The zero-order valence-electron chi connectivity index (χ0n) is 12.6. The van der Waals surface area contributed by atoms with E-state index in [2.05, 4.69) is 4.74 Å². The van der Waals surface area contributed by atoms with Gasteiger partial charge in [-0.15, -0.1) is 0 Å². The van der Waals surface area contributed by atoms with Crippen molar-refractivity contribution in [1.82, 2.24) is 0 Å². The molecule has 17 heteroatoms. The molecule has 0 aromatic carbocycles. The molecule has 0 aliphatic heterocycles. The molecule has 0 aromatic rings. The van der Waals surface area contributed by atoms with Crippen LogP contribution in [-0.4, -0.2) is 48.4 Å². The first-order valence-electron chi connectivity index (χ1n) is 6.65. The van der Waals surface area contributed by atoms with Gasteiger partial charge in [0.2, 0.25) is 12.3 Å². The minimum absolute atomic E-state index is 3.10. The molecule has 1 nitrogen and oxygen atoms in total. The molecule has 0 heterocycles. The Morgan fingerprint density at radius 3 is 1.00 bits per heavy atom. The SMILES string of the molecule is FC1C(C(F)(F)C(F)(F)F)=C(OC2=C(C(F)(F)C(F)(F)F)C(F)C2(F)F)C1(F)F. The topological polar surface area (TPSA) is 9.23 Å². The van der Waals surface area contributed by atoms with E-state index >= 15 is 0 Å². The number of alkyl halides is 16. The fourth-order valence-corrected chi connectivity index (χ4v) is 2.28. The molecule has 2 rings (SSSR count). The smallest absolute Gasteiger partial charge is 0.452 e. The zero-order valence-corrected chi connectivity index (χ0v) is 12.6. The number of allylic oxidation sites excluding steroid dienone is 4. The second-order valence-electron chi connectivity index (χ2n) is 5.70. The van der Waals surface area contributed by atoms with Crippen molar-refractivity contribution in [2.24, 2.45) is 0 Å². The van der Waals surface area contributed by atoms with Gasteiger partial charge in [0.05, 0.1) is 11.1 Å². The van der Waals surface area contributed by atoms with Gasteiger partial charge in [-0.2, -0.15) is 61.5 Å². The van der Waals surface area contributed by atoms with Gasteiger partial charge in [-0.3, -0.25) is 0 Å². The first-order valence-corrected chi connectivity index (χ1v) is 6.65. The summed E-state index contributed by atoms with van der Waals surface area (Å²) in [6.45, 7) is 0. The van der Waals surface area contributed by atoms with Crippen LogP contribution in [0.5, 0.6) is 0 Å². The zero-order chi connectivity index (χ0) is 23.2. The molecule has 0 spiro atoms. The lowest BCUT2D eigenvalue weighted by Gasteiger charge is -2.44. The highest BCUT2D eigenvalue weighted by Crippen LogP contribution is 2.61. The maximum absolute atomic E-state index is 13.3. The van der Waals surface area contributed by atoms with Gasteiger partial charge in [-0.05, 0) is 0 Å². The number of ether oxygens (including phenoxy) is 1. The van der Waals surface area contributed by atoms with Crippen LogP contribution in [0.1, 0.15) is 0 Å². The summed E-state index contributed by atoms with van der Waals surface area (Å²) in [5.41, 5.74) is -6.68. The lowest BCUT2D eigenvalue weighted by Crippen LogP contribution is -2.59. The molecule has 29 heavy (non-hydrogen) atoms. The normalized spacial score (nSPS) is 27.6. The van der Waals surface area contributed by atoms with Crippen molar-refractivity contribution in [1.29, 1.82) is 0 Å². The van der Waals surface area contributed by atoms with Crippen molar-refractivity contribution in [3.63, 3.8) is 0 Å². The molecule has 168 valence electrons. The third-order valence-corrected chi connectivity index (χ3v) is 3.83. The molecule has 2 atom stereocenters. The van der Waals surface area contributed by atoms with Gasteiger partial charge in [0.25, 0.3) is 0 Å². The summed E-state index contributed by atoms with van der Waals surface area (Å²) >= 11 is 0. The van der Waals surface area contributed by atoms with Crippen molar-refractivity contribution < 1.29 is 75.0 Å². The predicted octanol–water partition coefficient (Wildman–Crippen LogP) is 5.88. The number of halogens is 16. The highest BCUT2D eigenvalue weighted by molar-refractivity contribution is 5.47. The van der Waals surface area contributed by atoms with Gasteiger partial charge in [0.15, 0.2) is 11.5 Å². The van der Waals surface area contributed by atoms with E-state index in [1.54, 1.807) is 0 Å². The van der Waals surface area contributed by atoms with E-state index < -0.39 is 71.1 Å². The fourth-order valence-electron chi connectivity index (χ4n) is 2.28. The van der Waals surface area contributed by atoms with Crippen LogP contribution < -0.4 is 0 Å². The lowest BCUT2D eigenvalue weighted by molar-refractivity contribution is -0.283. The maximum Gasteiger partial charge on any atom is 0.457 e. The summed E-state index contributed by atoms with van der Waals surface area (Å²) in [6.07, 6.45) is -22.7. The molecule has 2 unspecified atom stereocenters. The standard InChI is InChI=1S/C12H2F16O/c13-3-1(9(19,20)11(23,24)25)5(7(3,15)16)29-6-2(4(14)8(6,17)18)10(21,22)12(26,27)28/h3-4H. The molecule has 2 aliphatic rings. The third kappa shape index (κ3) is 2.93. The van der Waals surface area contributed by atoms with Crippen LogP contribution in [0.3, 0.4) is 0 Å². The number of hydrogen-bond acceptors (Lipinski definition) is 1. The molecule has 0 bridgehead atoms. The predicted molar refractivity (Wildman–Crippen MR) is 56.8 cm³/mol. The van der Waals surface area contributed by atoms with Crippen molar-refractivity contribution in [2.45, 2.75) is 48.4 Å².